The number of rotatable bonds is 3. The summed E-state index contributed by atoms with van der Waals surface area (Å²) in [7, 11) is 0. The van der Waals surface area contributed by atoms with Crippen molar-refractivity contribution in [3.63, 3.8) is 0 Å². The lowest BCUT2D eigenvalue weighted by Crippen LogP contribution is -2.39. The predicted molar refractivity (Wildman–Crippen MR) is 102 cm³/mol. The lowest BCUT2D eigenvalue weighted by molar-refractivity contribution is 0.0691. The van der Waals surface area contributed by atoms with Gasteiger partial charge in [-0.1, -0.05) is 41.9 Å². The molecule has 0 atom stereocenters. The van der Waals surface area contributed by atoms with Crippen LogP contribution in [-0.2, 0) is 6.42 Å². The zero-order valence-electron chi connectivity index (χ0n) is 14.0. The molecule has 1 fully saturated rings. The van der Waals surface area contributed by atoms with Crippen molar-refractivity contribution in [1.82, 2.24) is 9.88 Å². The minimum absolute atomic E-state index is 0.0475. The van der Waals surface area contributed by atoms with Crippen molar-refractivity contribution < 1.29 is 4.79 Å². The van der Waals surface area contributed by atoms with E-state index in [1.807, 2.05) is 29.3 Å². The molecule has 4 heteroatoms. The Morgan fingerprint density at radius 1 is 1.08 bits per heavy atom. The van der Waals surface area contributed by atoms with Gasteiger partial charge in [0.1, 0.15) is 0 Å². The van der Waals surface area contributed by atoms with Crippen LogP contribution in [0.2, 0.25) is 5.02 Å². The number of fused-ring (bicyclic) bond motifs is 1. The lowest BCUT2D eigenvalue weighted by Gasteiger charge is -2.32. The van der Waals surface area contributed by atoms with Crippen molar-refractivity contribution in [2.24, 2.45) is 5.92 Å². The predicted octanol–water partition coefficient (Wildman–Crippen LogP) is 4.92. The number of H-pyrrole nitrogens is 1. The Bertz CT molecular complexity index is 879. The van der Waals surface area contributed by atoms with Gasteiger partial charge < -0.3 is 9.88 Å². The highest BCUT2D eigenvalue weighted by atomic mass is 35.5. The molecule has 1 saturated heterocycles. The molecule has 1 amide bonds. The third-order valence-corrected chi connectivity index (χ3v) is 5.58. The number of hydrogen-bond acceptors (Lipinski definition) is 1. The van der Waals surface area contributed by atoms with E-state index in [4.69, 9.17) is 11.6 Å². The van der Waals surface area contributed by atoms with Gasteiger partial charge in [0.25, 0.3) is 5.91 Å². The number of halogens is 1. The number of nitrogens with one attached hydrogen (secondary N) is 1. The number of nitrogens with zero attached hydrogens (tertiary/aromatic N) is 1. The summed E-state index contributed by atoms with van der Waals surface area (Å²) < 4.78 is 0. The van der Waals surface area contributed by atoms with Crippen LogP contribution in [0, 0.1) is 5.92 Å². The fraction of sp³-hybridized carbons (Fsp3) is 0.286. The van der Waals surface area contributed by atoms with E-state index in [1.165, 1.54) is 5.56 Å². The molecular weight excluding hydrogens is 332 g/mol. The molecule has 2 heterocycles. The monoisotopic (exact) mass is 352 g/mol. The zero-order chi connectivity index (χ0) is 17.2. The maximum atomic E-state index is 12.9. The molecule has 0 aliphatic carbocycles. The number of amides is 1. The first-order valence-corrected chi connectivity index (χ1v) is 9.19. The van der Waals surface area contributed by atoms with E-state index in [1.54, 1.807) is 0 Å². The number of piperidine rings is 1. The van der Waals surface area contributed by atoms with Crippen LogP contribution >= 0.6 is 11.6 Å². The standard InChI is InChI=1S/C21H21ClN2O/c22-20-17-8-11-23-19(17)7-6-18(20)21(25)24-12-9-16(10-13-24)14-15-4-2-1-3-5-15/h1-8,11,16,23H,9-10,12-14H2. The number of aromatic amines is 1. The van der Waals surface area contributed by atoms with Gasteiger partial charge in [-0.2, -0.15) is 0 Å². The molecule has 1 N–H and O–H groups in total. The summed E-state index contributed by atoms with van der Waals surface area (Å²) in [5, 5.41) is 1.46. The van der Waals surface area contributed by atoms with Gasteiger partial charge in [0.05, 0.1) is 10.6 Å². The molecule has 1 aromatic heterocycles. The smallest absolute Gasteiger partial charge is 0.255 e. The van der Waals surface area contributed by atoms with Crippen LogP contribution in [0.4, 0.5) is 0 Å². The minimum Gasteiger partial charge on any atom is -0.361 e. The van der Waals surface area contributed by atoms with E-state index in [2.05, 4.69) is 35.3 Å². The Labute approximate surface area is 152 Å². The Hall–Kier alpha value is -2.26. The van der Waals surface area contributed by atoms with Crippen molar-refractivity contribution >= 4 is 28.4 Å². The second-order valence-electron chi connectivity index (χ2n) is 6.79. The van der Waals surface area contributed by atoms with E-state index in [-0.39, 0.29) is 5.91 Å². The molecule has 0 saturated carbocycles. The fourth-order valence-electron chi connectivity index (χ4n) is 3.72. The molecule has 128 valence electrons. The number of carbonyl (C=O) groups excluding carboxylic acids is 1. The second-order valence-corrected chi connectivity index (χ2v) is 7.17. The van der Waals surface area contributed by atoms with Crippen molar-refractivity contribution in [2.45, 2.75) is 19.3 Å². The second kappa shape index (κ2) is 6.93. The average molecular weight is 353 g/mol. The maximum Gasteiger partial charge on any atom is 0.255 e. The van der Waals surface area contributed by atoms with Crippen LogP contribution in [0.15, 0.2) is 54.7 Å². The molecule has 1 aliphatic heterocycles. The fourth-order valence-corrected chi connectivity index (χ4v) is 4.03. The highest BCUT2D eigenvalue weighted by Gasteiger charge is 2.25. The average Bonchev–Trinajstić information content (AvgIpc) is 3.13. The minimum atomic E-state index is 0.0475. The molecule has 0 bridgehead atoms. The van der Waals surface area contributed by atoms with Gasteiger partial charge in [-0.3, -0.25) is 4.79 Å². The van der Waals surface area contributed by atoms with Crippen LogP contribution in [0.1, 0.15) is 28.8 Å². The van der Waals surface area contributed by atoms with Crippen LogP contribution in [0.5, 0.6) is 0 Å². The van der Waals surface area contributed by atoms with E-state index < -0.39 is 0 Å². The molecule has 3 nitrogen and oxygen atoms in total. The molecule has 1 aliphatic rings. The Kier molecular flexibility index (Phi) is 4.50. The topological polar surface area (TPSA) is 36.1 Å². The maximum absolute atomic E-state index is 12.9. The molecule has 4 rings (SSSR count). The summed E-state index contributed by atoms with van der Waals surface area (Å²) >= 11 is 6.47. The molecule has 2 aromatic carbocycles. The summed E-state index contributed by atoms with van der Waals surface area (Å²) in [5.74, 6) is 0.695. The van der Waals surface area contributed by atoms with E-state index in [0.717, 1.165) is 43.3 Å². The van der Waals surface area contributed by atoms with Gasteiger partial charge in [-0.25, -0.2) is 0 Å². The molecule has 0 radical (unpaired) electrons. The van der Waals surface area contributed by atoms with Gasteiger partial charge in [0.2, 0.25) is 0 Å². The number of benzene rings is 2. The number of aromatic nitrogens is 1. The van der Waals surface area contributed by atoms with Crippen molar-refractivity contribution in [1.29, 1.82) is 0 Å². The SMILES string of the molecule is O=C(c1ccc2[nH]ccc2c1Cl)N1CCC(Cc2ccccc2)CC1. The molecule has 0 unspecified atom stereocenters. The largest absolute Gasteiger partial charge is 0.361 e. The van der Waals surface area contributed by atoms with Gasteiger partial charge in [-0.05, 0) is 48.9 Å². The lowest BCUT2D eigenvalue weighted by atomic mass is 9.90. The Balaban J connectivity index is 1.43. The van der Waals surface area contributed by atoms with Gasteiger partial charge in [-0.15, -0.1) is 0 Å². The van der Waals surface area contributed by atoms with Crippen molar-refractivity contribution in [3.8, 4) is 0 Å². The molecule has 3 aromatic rings. The van der Waals surface area contributed by atoms with Crippen molar-refractivity contribution in [3.05, 3.63) is 70.9 Å². The first-order valence-electron chi connectivity index (χ1n) is 8.81. The van der Waals surface area contributed by atoms with Crippen LogP contribution < -0.4 is 0 Å². The Morgan fingerprint density at radius 3 is 2.60 bits per heavy atom. The summed E-state index contributed by atoms with van der Waals surface area (Å²) in [5.41, 5.74) is 2.95. The first kappa shape index (κ1) is 16.2. The van der Waals surface area contributed by atoms with E-state index in [0.29, 0.717) is 16.5 Å². The summed E-state index contributed by atoms with van der Waals surface area (Å²) in [4.78, 5) is 18.0. The normalized spacial score (nSPS) is 15.6. The van der Waals surface area contributed by atoms with Gasteiger partial charge in [0.15, 0.2) is 0 Å². The summed E-state index contributed by atoms with van der Waals surface area (Å²) in [6.07, 6.45) is 5.04. The molecular formula is C21H21ClN2O. The van der Waals surface area contributed by atoms with Crippen LogP contribution in [0.3, 0.4) is 0 Å². The highest BCUT2D eigenvalue weighted by Crippen LogP contribution is 2.29. The zero-order valence-corrected chi connectivity index (χ0v) is 14.8. The van der Waals surface area contributed by atoms with Crippen LogP contribution in [-0.4, -0.2) is 28.9 Å². The first-order chi connectivity index (χ1) is 12.2. The quantitative estimate of drug-likeness (QED) is 0.713. The highest BCUT2D eigenvalue weighted by molar-refractivity contribution is 6.38. The number of likely N-dealkylation sites (tertiary alicyclic amines) is 1. The van der Waals surface area contributed by atoms with E-state index >= 15 is 0 Å². The number of carbonyl (C=O) groups is 1. The van der Waals surface area contributed by atoms with Gasteiger partial charge in [0, 0.05) is 30.2 Å². The van der Waals surface area contributed by atoms with Crippen molar-refractivity contribution in [2.75, 3.05) is 13.1 Å². The van der Waals surface area contributed by atoms with Crippen LogP contribution in [0.25, 0.3) is 10.9 Å². The molecule has 25 heavy (non-hydrogen) atoms. The third-order valence-electron chi connectivity index (χ3n) is 5.17. The van der Waals surface area contributed by atoms with Gasteiger partial charge >= 0.3 is 0 Å². The summed E-state index contributed by atoms with van der Waals surface area (Å²) in [6, 6.07) is 16.3. The van der Waals surface area contributed by atoms with E-state index in [9.17, 15) is 4.79 Å². The molecule has 0 spiro atoms. The number of hydrogen-bond donors (Lipinski definition) is 1. The Morgan fingerprint density at radius 2 is 1.84 bits per heavy atom. The summed E-state index contributed by atoms with van der Waals surface area (Å²) in [6.45, 7) is 1.61. The third kappa shape index (κ3) is 3.29.